The van der Waals surface area contributed by atoms with Gasteiger partial charge in [0.25, 0.3) is 0 Å². The van der Waals surface area contributed by atoms with Crippen molar-refractivity contribution in [3.8, 4) is 5.75 Å². The smallest absolute Gasteiger partial charge is 0.229 e. The minimum atomic E-state index is -0.385. The highest BCUT2D eigenvalue weighted by atomic mass is 16.5. The van der Waals surface area contributed by atoms with E-state index in [9.17, 15) is 9.59 Å². The van der Waals surface area contributed by atoms with E-state index in [0.29, 0.717) is 18.0 Å². The van der Waals surface area contributed by atoms with Crippen LogP contribution >= 0.6 is 0 Å². The summed E-state index contributed by atoms with van der Waals surface area (Å²) in [4.78, 5) is 26.7. The first-order valence-electron chi connectivity index (χ1n) is 9.14. The molecule has 1 aliphatic heterocycles. The number of anilines is 2. The number of hydrogen-bond acceptors (Lipinski definition) is 3. The summed E-state index contributed by atoms with van der Waals surface area (Å²) in [5, 5.41) is 2.93. The fraction of sp³-hybridized carbons (Fsp3) is 0.364. The molecule has 1 N–H and O–H groups in total. The lowest BCUT2D eigenvalue weighted by Gasteiger charge is -2.20. The summed E-state index contributed by atoms with van der Waals surface area (Å²) in [7, 11) is 1.57. The van der Waals surface area contributed by atoms with Crippen LogP contribution in [0.25, 0.3) is 0 Å². The van der Waals surface area contributed by atoms with Crippen LogP contribution in [-0.2, 0) is 15.0 Å². The summed E-state index contributed by atoms with van der Waals surface area (Å²) in [5.74, 6) is 0.0429. The van der Waals surface area contributed by atoms with Gasteiger partial charge in [0.1, 0.15) is 5.75 Å². The number of hydrogen-bond donors (Lipinski definition) is 1. The Morgan fingerprint density at radius 3 is 2.41 bits per heavy atom. The Morgan fingerprint density at radius 2 is 1.78 bits per heavy atom. The van der Waals surface area contributed by atoms with Gasteiger partial charge >= 0.3 is 0 Å². The molecule has 1 unspecified atom stereocenters. The molecule has 142 valence electrons. The maximum absolute atomic E-state index is 12.7. The highest BCUT2D eigenvalue weighted by Crippen LogP contribution is 2.33. The predicted molar refractivity (Wildman–Crippen MR) is 107 cm³/mol. The van der Waals surface area contributed by atoms with Gasteiger partial charge in [-0.05, 0) is 35.2 Å². The van der Waals surface area contributed by atoms with Crippen LogP contribution in [0.1, 0.15) is 32.8 Å². The zero-order valence-corrected chi connectivity index (χ0v) is 16.3. The molecule has 1 atom stereocenters. The molecular formula is C22H26N2O3. The van der Waals surface area contributed by atoms with Crippen molar-refractivity contribution >= 4 is 23.2 Å². The normalized spacial score (nSPS) is 17.1. The molecule has 1 aliphatic rings. The molecule has 1 saturated heterocycles. The molecule has 1 heterocycles. The van der Waals surface area contributed by atoms with Gasteiger partial charge < -0.3 is 15.0 Å². The van der Waals surface area contributed by atoms with E-state index in [4.69, 9.17) is 4.74 Å². The number of amides is 2. The second kappa shape index (κ2) is 7.43. The van der Waals surface area contributed by atoms with Gasteiger partial charge in [-0.3, -0.25) is 9.59 Å². The number of benzene rings is 2. The molecular weight excluding hydrogens is 340 g/mol. The third-order valence-corrected chi connectivity index (χ3v) is 4.89. The van der Waals surface area contributed by atoms with Gasteiger partial charge in [-0.2, -0.15) is 0 Å². The van der Waals surface area contributed by atoms with Crippen LogP contribution in [0.15, 0.2) is 48.5 Å². The van der Waals surface area contributed by atoms with Crippen molar-refractivity contribution in [1.29, 1.82) is 0 Å². The van der Waals surface area contributed by atoms with Crippen molar-refractivity contribution < 1.29 is 14.3 Å². The Bertz CT molecular complexity index is 837. The summed E-state index contributed by atoms with van der Waals surface area (Å²) in [6.45, 7) is 6.80. The average molecular weight is 366 g/mol. The number of nitrogens with one attached hydrogen (secondary N) is 1. The lowest BCUT2D eigenvalue weighted by Crippen LogP contribution is -2.28. The first-order chi connectivity index (χ1) is 12.8. The fourth-order valence-electron chi connectivity index (χ4n) is 3.27. The second-order valence-electron chi connectivity index (χ2n) is 7.89. The largest absolute Gasteiger partial charge is 0.495 e. The van der Waals surface area contributed by atoms with Crippen LogP contribution in [0.2, 0.25) is 0 Å². The van der Waals surface area contributed by atoms with Crippen LogP contribution < -0.4 is 15.0 Å². The molecule has 0 aromatic heterocycles. The quantitative estimate of drug-likeness (QED) is 0.890. The molecule has 2 aromatic rings. The third-order valence-electron chi connectivity index (χ3n) is 4.89. The Kier molecular flexibility index (Phi) is 5.22. The van der Waals surface area contributed by atoms with E-state index < -0.39 is 0 Å². The molecule has 2 aromatic carbocycles. The molecule has 27 heavy (non-hydrogen) atoms. The molecule has 0 radical (unpaired) electrons. The van der Waals surface area contributed by atoms with Crippen molar-refractivity contribution in [1.82, 2.24) is 0 Å². The molecule has 1 fully saturated rings. The van der Waals surface area contributed by atoms with Crippen molar-refractivity contribution in [3.05, 3.63) is 54.1 Å². The van der Waals surface area contributed by atoms with Gasteiger partial charge in [-0.1, -0.05) is 45.0 Å². The Balaban J connectivity index is 1.69. The molecule has 0 saturated carbocycles. The lowest BCUT2D eigenvalue weighted by atomic mass is 9.87. The highest BCUT2D eigenvalue weighted by molar-refractivity contribution is 6.04. The lowest BCUT2D eigenvalue weighted by molar-refractivity contribution is -0.122. The topological polar surface area (TPSA) is 58.6 Å². The Morgan fingerprint density at radius 1 is 1.11 bits per heavy atom. The van der Waals surface area contributed by atoms with E-state index >= 15 is 0 Å². The molecule has 0 aliphatic carbocycles. The van der Waals surface area contributed by atoms with Gasteiger partial charge in [0, 0.05) is 18.7 Å². The van der Waals surface area contributed by atoms with E-state index in [2.05, 4.69) is 26.1 Å². The van der Waals surface area contributed by atoms with Gasteiger partial charge in [0.2, 0.25) is 11.8 Å². The van der Waals surface area contributed by atoms with Crippen LogP contribution in [-0.4, -0.2) is 25.5 Å². The zero-order valence-electron chi connectivity index (χ0n) is 16.3. The number of methoxy groups -OCH3 is 1. The van der Waals surface area contributed by atoms with E-state index in [1.54, 1.807) is 12.0 Å². The molecule has 3 rings (SSSR count). The summed E-state index contributed by atoms with van der Waals surface area (Å²) in [6, 6.07) is 15.2. The second-order valence-corrected chi connectivity index (χ2v) is 7.89. The number of para-hydroxylation sites is 2. The van der Waals surface area contributed by atoms with E-state index in [1.165, 1.54) is 5.56 Å². The molecule has 2 amide bonds. The third kappa shape index (κ3) is 4.13. The molecule has 0 spiro atoms. The van der Waals surface area contributed by atoms with Crippen LogP contribution in [0.5, 0.6) is 5.75 Å². The first kappa shape index (κ1) is 19.0. The van der Waals surface area contributed by atoms with Gasteiger partial charge in [0.05, 0.1) is 18.7 Å². The van der Waals surface area contributed by atoms with Crippen LogP contribution in [0.3, 0.4) is 0 Å². The monoisotopic (exact) mass is 366 g/mol. The summed E-state index contributed by atoms with van der Waals surface area (Å²) in [6.07, 6.45) is 0.198. The van der Waals surface area contributed by atoms with E-state index in [1.807, 2.05) is 48.5 Å². The average Bonchev–Trinajstić information content (AvgIpc) is 3.03. The molecule has 5 nitrogen and oxygen atoms in total. The Labute approximate surface area is 160 Å². The predicted octanol–water partition coefficient (Wildman–Crippen LogP) is 3.98. The van der Waals surface area contributed by atoms with Crippen molar-refractivity contribution in [2.45, 2.75) is 32.6 Å². The SMILES string of the molecule is COc1ccccc1N1CC(C(=O)Nc2ccc(C(C)(C)C)cc2)CC1=O. The maximum Gasteiger partial charge on any atom is 0.229 e. The Hall–Kier alpha value is -2.82. The zero-order chi connectivity index (χ0) is 19.6. The first-order valence-corrected chi connectivity index (χ1v) is 9.14. The van der Waals surface area contributed by atoms with E-state index in [0.717, 1.165) is 5.69 Å². The summed E-state index contributed by atoms with van der Waals surface area (Å²) in [5.41, 5.74) is 2.72. The number of carbonyl (C=O) groups excluding carboxylic acids is 2. The van der Waals surface area contributed by atoms with E-state index in [-0.39, 0.29) is 29.6 Å². The standard InChI is InChI=1S/C22H26N2O3/c1-22(2,3)16-9-11-17(12-10-16)23-21(26)15-13-20(25)24(14-15)18-7-5-6-8-19(18)27-4/h5-12,15H,13-14H2,1-4H3,(H,23,26). The minimum absolute atomic E-state index is 0.0651. The van der Waals surface area contributed by atoms with Crippen molar-refractivity contribution in [2.24, 2.45) is 5.92 Å². The fourth-order valence-corrected chi connectivity index (χ4v) is 3.27. The van der Waals surface area contributed by atoms with Gasteiger partial charge in [-0.25, -0.2) is 0 Å². The van der Waals surface area contributed by atoms with Crippen molar-refractivity contribution in [3.63, 3.8) is 0 Å². The molecule has 5 heteroatoms. The van der Waals surface area contributed by atoms with Crippen molar-refractivity contribution in [2.75, 3.05) is 23.9 Å². The summed E-state index contributed by atoms with van der Waals surface area (Å²) < 4.78 is 5.34. The van der Waals surface area contributed by atoms with Gasteiger partial charge in [0.15, 0.2) is 0 Å². The summed E-state index contributed by atoms with van der Waals surface area (Å²) >= 11 is 0. The number of carbonyl (C=O) groups is 2. The number of ether oxygens (including phenoxy) is 1. The number of nitrogens with zero attached hydrogens (tertiary/aromatic N) is 1. The minimum Gasteiger partial charge on any atom is -0.495 e. The van der Waals surface area contributed by atoms with Crippen LogP contribution in [0, 0.1) is 5.92 Å². The van der Waals surface area contributed by atoms with Crippen LogP contribution in [0.4, 0.5) is 11.4 Å². The maximum atomic E-state index is 12.7. The molecule has 0 bridgehead atoms. The number of rotatable bonds is 4. The highest BCUT2D eigenvalue weighted by Gasteiger charge is 2.36. The van der Waals surface area contributed by atoms with Gasteiger partial charge in [-0.15, -0.1) is 0 Å².